The Hall–Kier alpha value is -2.09. The topological polar surface area (TPSA) is 46.5 Å². The number of anilines is 1. The Bertz CT molecular complexity index is 668. The highest BCUT2D eigenvalue weighted by atomic mass is 32.1. The third kappa shape index (κ3) is 4.20. The lowest BCUT2D eigenvalue weighted by atomic mass is 10.1. The maximum Gasteiger partial charge on any atom is 0.419 e. The summed E-state index contributed by atoms with van der Waals surface area (Å²) < 4.78 is 44.0. The molecule has 0 spiro atoms. The van der Waals surface area contributed by atoms with Crippen LogP contribution in [0.15, 0.2) is 28.7 Å². The first kappa shape index (κ1) is 16.3. The van der Waals surface area contributed by atoms with E-state index in [0.717, 1.165) is 11.8 Å². The van der Waals surface area contributed by atoms with Gasteiger partial charge in [-0.1, -0.05) is 0 Å². The molecule has 1 aromatic heterocycles. The lowest BCUT2D eigenvalue weighted by Crippen LogP contribution is -2.09. The Balaban J connectivity index is 2.17. The first-order valence-corrected chi connectivity index (χ1v) is 7.33. The van der Waals surface area contributed by atoms with Gasteiger partial charge in [0, 0.05) is 5.38 Å². The van der Waals surface area contributed by atoms with E-state index >= 15 is 0 Å². The third-order valence-electron chi connectivity index (χ3n) is 2.60. The number of aryl methyl sites for hydroxylation is 1. The van der Waals surface area contributed by atoms with Crippen LogP contribution in [0, 0.1) is 6.92 Å². The molecule has 0 amide bonds. The van der Waals surface area contributed by atoms with E-state index in [4.69, 9.17) is 4.74 Å². The fourth-order valence-corrected chi connectivity index (χ4v) is 2.34. The fraction of sp³-hybridized carbons (Fsp3) is 0.286. The van der Waals surface area contributed by atoms with Crippen LogP contribution in [-0.4, -0.2) is 17.8 Å². The van der Waals surface area contributed by atoms with E-state index < -0.39 is 11.7 Å². The number of aromatic nitrogens is 1. The highest BCUT2D eigenvalue weighted by Gasteiger charge is 2.34. The molecule has 8 heteroatoms. The molecule has 1 N–H and O–H groups in total. The number of hydrazone groups is 1. The number of alkyl halides is 3. The molecule has 0 fully saturated rings. The van der Waals surface area contributed by atoms with Crippen molar-refractivity contribution in [2.45, 2.75) is 20.0 Å². The molecule has 0 unspecified atom stereocenters. The van der Waals surface area contributed by atoms with Gasteiger partial charge >= 0.3 is 6.18 Å². The van der Waals surface area contributed by atoms with Crippen LogP contribution in [0.3, 0.4) is 0 Å². The van der Waals surface area contributed by atoms with Crippen molar-refractivity contribution >= 4 is 22.7 Å². The SMILES string of the molecule is CCOc1ccc(C=NNc2nc(C)cs2)cc1C(F)(F)F. The predicted molar refractivity (Wildman–Crippen MR) is 80.7 cm³/mol. The molecule has 2 aromatic rings. The second kappa shape index (κ2) is 6.78. The second-order valence-electron chi connectivity index (χ2n) is 4.35. The molecule has 2 rings (SSSR count). The Morgan fingerprint density at radius 2 is 2.18 bits per heavy atom. The molecule has 0 saturated heterocycles. The smallest absolute Gasteiger partial charge is 0.419 e. The normalized spacial score (nSPS) is 11.9. The maximum atomic E-state index is 13.0. The molecule has 0 bridgehead atoms. The van der Waals surface area contributed by atoms with E-state index in [1.807, 2.05) is 12.3 Å². The maximum absolute atomic E-state index is 13.0. The summed E-state index contributed by atoms with van der Waals surface area (Å²) in [5.41, 5.74) is 3.03. The molecule has 22 heavy (non-hydrogen) atoms. The van der Waals surface area contributed by atoms with Gasteiger partial charge in [-0.3, -0.25) is 5.43 Å². The molecule has 1 aromatic carbocycles. The molecule has 0 aliphatic rings. The van der Waals surface area contributed by atoms with E-state index in [-0.39, 0.29) is 12.4 Å². The van der Waals surface area contributed by atoms with E-state index in [1.165, 1.54) is 29.7 Å². The van der Waals surface area contributed by atoms with Crippen LogP contribution in [0.1, 0.15) is 23.7 Å². The molecule has 0 aliphatic carbocycles. The first-order chi connectivity index (χ1) is 10.4. The van der Waals surface area contributed by atoms with Crippen LogP contribution >= 0.6 is 11.3 Å². The molecule has 1 heterocycles. The number of nitrogens with one attached hydrogen (secondary N) is 1. The lowest BCUT2D eigenvalue weighted by Gasteiger charge is -2.13. The summed E-state index contributed by atoms with van der Waals surface area (Å²) in [7, 11) is 0. The predicted octanol–water partition coefficient (Wildman–Crippen LogP) is 4.32. The van der Waals surface area contributed by atoms with Gasteiger partial charge < -0.3 is 4.74 Å². The number of nitrogens with zero attached hydrogens (tertiary/aromatic N) is 2. The minimum atomic E-state index is -4.48. The third-order valence-corrected chi connectivity index (χ3v) is 3.47. The van der Waals surface area contributed by atoms with Crippen molar-refractivity contribution in [2.75, 3.05) is 12.0 Å². The Morgan fingerprint density at radius 3 is 2.77 bits per heavy atom. The van der Waals surface area contributed by atoms with E-state index in [9.17, 15) is 13.2 Å². The Labute approximate surface area is 129 Å². The standard InChI is InChI=1S/C14H14F3N3OS/c1-3-21-12-5-4-10(6-11(12)14(15,16)17)7-18-20-13-19-9(2)8-22-13/h4-8H,3H2,1-2H3,(H,19,20). The van der Waals surface area contributed by atoms with Gasteiger partial charge in [-0.25, -0.2) is 4.98 Å². The van der Waals surface area contributed by atoms with Crippen molar-refractivity contribution in [3.63, 3.8) is 0 Å². The monoisotopic (exact) mass is 329 g/mol. The molecule has 0 atom stereocenters. The van der Waals surface area contributed by atoms with Crippen LogP contribution in [0.25, 0.3) is 0 Å². The number of rotatable bonds is 5. The van der Waals surface area contributed by atoms with Gasteiger partial charge in [0.2, 0.25) is 5.13 Å². The van der Waals surface area contributed by atoms with Crippen molar-refractivity contribution in [2.24, 2.45) is 5.10 Å². The number of thiazole rings is 1. The molecular weight excluding hydrogens is 315 g/mol. The van der Waals surface area contributed by atoms with Crippen LogP contribution in [0.2, 0.25) is 0 Å². The molecular formula is C14H14F3N3OS. The number of benzene rings is 1. The minimum Gasteiger partial charge on any atom is -0.493 e. The second-order valence-corrected chi connectivity index (χ2v) is 5.21. The average Bonchev–Trinajstić information content (AvgIpc) is 2.85. The largest absolute Gasteiger partial charge is 0.493 e. The highest BCUT2D eigenvalue weighted by Crippen LogP contribution is 2.36. The van der Waals surface area contributed by atoms with Crippen LogP contribution in [0.5, 0.6) is 5.75 Å². The van der Waals surface area contributed by atoms with Crippen molar-refractivity contribution in [3.05, 3.63) is 40.4 Å². The average molecular weight is 329 g/mol. The highest BCUT2D eigenvalue weighted by molar-refractivity contribution is 7.13. The van der Waals surface area contributed by atoms with Gasteiger partial charge in [0.25, 0.3) is 0 Å². The van der Waals surface area contributed by atoms with Gasteiger partial charge in [0.15, 0.2) is 0 Å². The fourth-order valence-electron chi connectivity index (χ4n) is 1.70. The van der Waals surface area contributed by atoms with Gasteiger partial charge in [-0.2, -0.15) is 18.3 Å². The van der Waals surface area contributed by atoms with Gasteiger partial charge in [0.1, 0.15) is 5.75 Å². The Morgan fingerprint density at radius 1 is 1.41 bits per heavy atom. The van der Waals surface area contributed by atoms with Crippen molar-refractivity contribution in [1.29, 1.82) is 0 Å². The summed E-state index contributed by atoms with van der Waals surface area (Å²) in [4.78, 5) is 4.13. The number of ether oxygens (including phenoxy) is 1. The summed E-state index contributed by atoms with van der Waals surface area (Å²) >= 11 is 1.37. The molecule has 118 valence electrons. The number of hydrogen-bond donors (Lipinski definition) is 1. The zero-order valence-electron chi connectivity index (χ0n) is 11.9. The summed E-state index contributed by atoms with van der Waals surface area (Å²) in [5.74, 6) is -0.185. The molecule has 0 aliphatic heterocycles. The van der Waals surface area contributed by atoms with Crippen molar-refractivity contribution < 1.29 is 17.9 Å². The molecule has 0 radical (unpaired) electrons. The van der Waals surface area contributed by atoms with Crippen LogP contribution in [-0.2, 0) is 6.18 Å². The quantitative estimate of drug-likeness (QED) is 0.656. The van der Waals surface area contributed by atoms with Crippen molar-refractivity contribution in [1.82, 2.24) is 4.98 Å². The summed E-state index contributed by atoms with van der Waals surface area (Å²) in [6, 6.07) is 3.81. The number of halogens is 3. The van der Waals surface area contributed by atoms with E-state index in [1.54, 1.807) is 6.92 Å². The number of hydrogen-bond acceptors (Lipinski definition) is 5. The minimum absolute atomic E-state index is 0.168. The summed E-state index contributed by atoms with van der Waals surface area (Å²) in [6.45, 7) is 3.64. The van der Waals surface area contributed by atoms with Gasteiger partial charge in [-0.05, 0) is 37.6 Å². The summed E-state index contributed by atoms with van der Waals surface area (Å²) in [6.07, 6.45) is -3.17. The van der Waals surface area contributed by atoms with Gasteiger partial charge in [-0.15, -0.1) is 11.3 Å². The van der Waals surface area contributed by atoms with E-state index in [0.29, 0.717) is 10.7 Å². The van der Waals surface area contributed by atoms with Crippen LogP contribution < -0.4 is 10.2 Å². The van der Waals surface area contributed by atoms with Crippen LogP contribution in [0.4, 0.5) is 18.3 Å². The Kier molecular flexibility index (Phi) is 5.02. The zero-order chi connectivity index (χ0) is 16.2. The molecule has 0 saturated carbocycles. The van der Waals surface area contributed by atoms with Crippen molar-refractivity contribution in [3.8, 4) is 5.75 Å². The first-order valence-electron chi connectivity index (χ1n) is 6.45. The lowest BCUT2D eigenvalue weighted by molar-refractivity contribution is -0.138. The summed E-state index contributed by atoms with van der Waals surface area (Å²) in [5, 5.41) is 6.31. The van der Waals surface area contributed by atoms with Gasteiger partial charge in [0.05, 0.1) is 24.1 Å². The molecule has 4 nitrogen and oxygen atoms in total. The van der Waals surface area contributed by atoms with E-state index in [2.05, 4.69) is 15.5 Å². The zero-order valence-corrected chi connectivity index (χ0v) is 12.8.